The number of aldehydes is 1. The Bertz CT molecular complexity index is 2680. The average molecular weight is 873 g/mol. The number of cyclic esters (lactones) is 1. The number of hydrogen-bond acceptors (Lipinski definition) is 7. The van der Waals surface area contributed by atoms with Gasteiger partial charge in [0.2, 0.25) is 0 Å². The van der Waals surface area contributed by atoms with Crippen molar-refractivity contribution in [2.24, 2.45) is 0 Å². The number of rotatable bonds is 2. The average Bonchev–Trinajstić information content (AvgIpc) is 4.09. The van der Waals surface area contributed by atoms with E-state index in [1.807, 2.05) is 18.2 Å². The molecule has 0 radical (unpaired) electrons. The summed E-state index contributed by atoms with van der Waals surface area (Å²) >= 11 is 0. The molecule has 2 saturated heterocycles. The second-order valence-corrected chi connectivity index (χ2v) is 19.6. The molecule has 4 aromatic carbocycles. The molecule has 2 fully saturated rings. The quantitative estimate of drug-likeness (QED) is 0.0966. The molecule has 2 aliphatic carbocycles. The minimum atomic E-state index is -0.374. The van der Waals surface area contributed by atoms with Crippen LogP contribution in [0.25, 0.3) is 27.6 Å². The van der Waals surface area contributed by atoms with Crippen molar-refractivity contribution in [3.8, 4) is 28.3 Å². The summed E-state index contributed by atoms with van der Waals surface area (Å²) in [5.74, 6) is -0.273. The van der Waals surface area contributed by atoms with Crippen molar-refractivity contribution in [3.05, 3.63) is 183 Å². The van der Waals surface area contributed by atoms with Crippen molar-refractivity contribution in [2.45, 2.75) is 116 Å². The van der Waals surface area contributed by atoms with Crippen LogP contribution in [-0.2, 0) is 20.3 Å². The Morgan fingerprint density at radius 3 is 1.67 bits per heavy atom. The van der Waals surface area contributed by atoms with Gasteiger partial charge in [-0.1, -0.05) is 154 Å². The molecule has 0 amide bonds. The van der Waals surface area contributed by atoms with E-state index in [0.29, 0.717) is 11.1 Å². The Balaban J connectivity index is 0.000000151. The zero-order chi connectivity index (χ0) is 46.4. The number of ether oxygens (including phenoxy) is 2. The van der Waals surface area contributed by atoms with E-state index in [-0.39, 0.29) is 52.8 Å². The Labute approximate surface area is 403 Å². The second-order valence-electron chi connectivity index (χ2n) is 19.6. The van der Waals surface area contributed by atoms with Crippen LogP contribution in [0.2, 0.25) is 0 Å². The van der Waals surface area contributed by atoms with Crippen LogP contribution in [0.1, 0.15) is 153 Å². The third kappa shape index (κ3) is 10.9. The monoisotopic (exact) mass is 872 g/mol. The largest absolute Gasteiger partial charge is 1.00 e. The molecule has 0 N–H and O–H groups in total. The predicted molar refractivity (Wildman–Crippen MR) is 259 cm³/mol. The number of nitriles is 1. The van der Waals surface area contributed by atoms with Gasteiger partial charge in [0.15, 0.2) is 6.10 Å². The molecule has 1 unspecified atom stereocenters. The van der Waals surface area contributed by atoms with Crippen molar-refractivity contribution in [3.63, 3.8) is 0 Å². The normalized spacial score (nSPS) is 18.5. The third-order valence-electron chi connectivity index (χ3n) is 13.1. The van der Waals surface area contributed by atoms with Gasteiger partial charge in [0.05, 0.1) is 17.2 Å². The van der Waals surface area contributed by atoms with E-state index in [0.717, 1.165) is 36.2 Å². The number of benzene rings is 4. The molecule has 8 nitrogen and oxygen atoms in total. The van der Waals surface area contributed by atoms with Crippen LogP contribution < -0.4 is 18.9 Å². The first-order valence-corrected chi connectivity index (χ1v) is 22.8. The van der Waals surface area contributed by atoms with Crippen molar-refractivity contribution >= 4 is 12.3 Å². The Morgan fingerprint density at radius 1 is 0.636 bits per heavy atom. The predicted octanol–water partition coefficient (Wildman–Crippen LogP) is 10.3. The van der Waals surface area contributed by atoms with Crippen molar-refractivity contribution in [1.29, 1.82) is 5.26 Å². The summed E-state index contributed by atoms with van der Waals surface area (Å²) in [6.45, 7) is 19.8. The van der Waals surface area contributed by atoms with Crippen LogP contribution in [0.5, 0.6) is 0 Å². The molecular weight excluding hydrogens is 812 g/mol. The molecule has 9 heteroatoms. The first-order chi connectivity index (χ1) is 31.1. The fraction of sp³-hybridized carbons (Fsp3) is 0.351. The molecule has 334 valence electrons. The Morgan fingerprint density at radius 2 is 1.17 bits per heavy atom. The number of fused-ring (bicyclic) bond motifs is 7. The van der Waals surface area contributed by atoms with Crippen LogP contribution in [0.15, 0.2) is 128 Å². The van der Waals surface area contributed by atoms with Gasteiger partial charge in [-0.05, 0) is 87.2 Å². The molecule has 2 aromatic heterocycles. The van der Waals surface area contributed by atoms with Crippen molar-refractivity contribution in [1.82, 2.24) is 9.97 Å². The van der Waals surface area contributed by atoms with E-state index in [2.05, 4.69) is 138 Å². The summed E-state index contributed by atoms with van der Waals surface area (Å²) in [5.41, 5.74) is 14.6. The summed E-state index contributed by atoms with van der Waals surface area (Å²) in [6.07, 6.45) is 13.5. The van der Waals surface area contributed by atoms with Crippen LogP contribution >= 0.6 is 0 Å². The fourth-order valence-electron chi connectivity index (χ4n) is 9.78. The van der Waals surface area contributed by atoms with Crippen LogP contribution in [0.4, 0.5) is 0 Å². The van der Waals surface area contributed by atoms with Crippen LogP contribution in [0.3, 0.4) is 0 Å². The molecular formula is C57H61LiN4O4. The zero-order valence-corrected chi connectivity index (χ0v) is 40.2. The second kappa shape index (κ2) is 20.9. The van der Waals surface area contributed by atoms with Crippen molar-refractivity contribution < 1.29 is 37.9 Å². The summed E-state index contributed by atoms with van der Waals surface area (Å²) in [5, 5.41) is 13.0. The van der Waals surface area contributed by atoms with E-state index >= 15 is 0 Å². The molecule has 3 aliphatic heterocycles. The van der Waals surface area contributed by atoms with E-state index < -0.39 is 0 Å². The van der Waals surface area contributed by atoms with E-state index in [4.69, 9.17) is 20.1 Å². The van der Waals surface area contributed by atoms with Gasteiger partial charge in [-0.2, -0.15) is 5.26 Å². The minimum absolute atomic E-state index is 0. The molecule has 5 heterocycles. The summed E-state index contributed by atoms with van der Waals surface area (Å²) < 4.78 is 10.6. The summed E-state index contributed by atoms with van der Waals surface area (Å²) in [6, 6.07) is 36.5. The van der Waals surface area contributed by atoms with Gasteiger partial charge >= 0.3 is 24.8 Å². The maximum atomic E-state index is 12.1. The molecule has 5 aliphatic rings. The Hall–Kier alpha value is -5.67. The van der Waals surface area contributed by atoms with Gasteiger partial charge in [0.1, 0.15) is 6.29 Å². The number of hydrogen-bond donors (Lipinski definition) is 0. The molecule has 11 rings (SSSR count). The topological polar surface area (TPSA) is 116 Å². The number of piperidine rings is 1. The van der Waals surface area contributed by atoms with Gasteiger partial charge in [0.25, 0.3) is 0 Å². The number of nitrogens with zero attached hydrogens (tertiary/aromatic N) is 4. The van der Waals surface area contributed by atoms with Crippen LogP contribution in [-0.4, -0.2) is 46.5 Å². The SMILES string of the molecule is C1CCOC1.CC1(C)CCCC(C)(C)[N-]1.CC1(C)c2ccccc2-c2ccc(C3OC(=O)c4ccncc43)cc21.CC1(C)c2ccccc2-c2ccc(C=O)cc21.N#Cc1ccncc1.[Li+]. The molecule has 6 aromatic rings. The first-order valence-electron chi connectivity index (χ1n) is 22.8. The molecule has 0 spiro atoms. The van der Waals surface area contributed by atoms with Gasteiger partial charge in [0, 0.05) is 60.0 Å². The zero-order valence-electron chi connectivity index (χ0n) is 40.2. The van der Waals surface area contributed by atoms with E-state index in [1.54, 1.807) is 43.0 Å². The maximum absolute atomic E-state index is 12.1. The van der Waals surface area contributed by atoms with Crippen molar-refractivity contribution in [2.75, 3.05) is 13.2 Å². The summed E-state index contributed by atoms with van der Waals surface area (Å²) in [4.78, 5) is 30.9. The summed E-state index contributed by atoms with van der Waals surface area (Å²) in [7, 11) is 0. The number of esters is 1. The van der Waals surface area contributed by atoms with Gasteiger partial charge < -0.3 is 14.8 Å². The number of pyridine rings is 2. The van der Waals surface area contributed by atoms with E-state index in [9.17, 15) is 9.59 Å². The standard InChI is InChI=1S/C22H17NO2.C16H14O.C9H18N.C6H4N2.C4H8O.Li/c1-22(2)18-6-4-3-5-14(18)15-8-7-13(11-19(15)22)20-17-12-23-10-9-16(17)21(24)25-20;1-16(2)14-6-4-3-5-12(14)13-8-7-11(10-17)9-15(13)16;1-8(2)6-5-7-9(3,4)10-8;7-5-6-1-3-8-4-2-6;1-2-4-5-3-1;/h3-12,20H,1-2H3;3-10H,1-2H3;5-7H2,1-4H3;1-4H;1-4H2;/q;;-1;;;+1. The molecule has 1 atom stereocenters. The Kier molecular flexibility index (Phi) is 15.7. The van der Waals surface area contributed by atoms with Gasteiger partial charge in [-0.15, -0.1) is 11.1 Å². The molecule has 0 bridgehead atoms. The van der Waals surface area contributed by atoms with Gasteiger partial charge in [-0.25, -0.2) is 4.79 Å². The van der Waals surface area contributed by atoms with Crippen LogP contribution in [0, 0.1) is 11.3 Å². The smallest absolute Gasteiger partial charge is 0.652 e. The van der Waals surface area contributed by atoms with E-state index in [1.165, 1.54) is 76.6 Å². The van der Waals surface area contributed by atoms with Gasteiger partial charge in [-0.3, -0.25) is 14.8 Å². The number of carbonyl (C=O) groups excluding carboxylic acids is 2. The fourth-order valence-corrected chi connectivity index (χ4v) is 9.78. The number of carbonyl (C=O) groups is 2. The minimum Gasteiger partial charge on any atom is -0.652 e. The number of aromatic nitrogens is 2. The third-order valence-corrected chi connectivity index (χ3v) is 13.1. The molecule has 0 saturated carbocycles. The maximum Gasteiger partial charge on any atom is 1.00 e. The first kappa shape index (κ1) is 49.8. The molecule has 66 heavy (non-hydrogen) atoms.